The molecule has 1 aromatic rings. The van der Waals surface area contributed by atoms with Crippen molar-refractivity contribution in [2.24, 2.45) is 23.7 Å². The molecule has 0 bridgehead atoms. The van der Waals surface area contributed by atoms with Gasteiger partial charge in [-0.15, -0.1) is 0 Å². The highest BCUT2D eigenvalue weighted by Crippen LogP contribution is 2.42. The molecule has 2 aliphatic carbocycles. The van der Waals surface area contributed by atoms with E-state index >= 15 is 0 Å². The maximum absolute atomic E-state index is 13.5. The predicted molar refractivity (Wildman–Crippen MR) is 114 cm³/mol. The van der Waals surface area contributed by atoms with E-state index in [0.29, 0.717) is 5.56 Å². The molecule has 0 N–H and O–H groups in total. The molecule has 1 atom stereocenters. The van der Waals surface area contributed by atoms with Crippen LogP contribution in [0.1, 0.15) is 109 Å². The minimum absolute atomic E-state index is 0.171. The van der Waals surface area contributed by atoms with Crippen LogP contribution in [0.3, 0.4) is 0 Å². The Morgan fingerprint density at radius 1 is 0.828 bits per heavy atom. The van der Waals surface area contributed by atoms with E-state index in [1.807, 2.05) is 0 Å². The van der Waals surface area contributed by atoms with Crippen molar-refractivity contribution in [1.29, 1.82) is 0 Å². The van der Waals surface area contributed by atoms with Crippen LogP contribution >= 0.6 is 0 Å². The van der Waals surface area contributed by atoms with E-state index in [9.17, 15) is 13.2 Å². The molecular weight excluding hydrogens is 369 g/mol. The maximum atomic E-state index is 13.5. The second kappa shape index (κ2) is 10.9. The summed E-state index contributed by atoms with van der Waals surface area (Å²) < 4.78 is 40.3. The van der Waals surface area contributed by atoms with Crippen LogP contribution in [0.4, 0.5) is 13.2 Å². The van der Waals surface area contributed by atoms with Crippen LogP contribution in [0.25, 0.3) is 0 Å². The van der Waals surface area contributed by atoms with Crippen molar-refractivity contribution in [3.05, 3.63) is 35.1 Å². The second-order valence-corrected chi connectivity index (χ2v) is 10.0. The zero-order valence-electron chi connectivity index (χ0n) is 18.4. The number of unbranched alkanes of at least 4 members (excludes halogenated alkanes) is 2. The quantitative estimate of drug-likeness (QED) is 0.298. The van der Waals surface area contributed by atoms with Crippen molar-refractivity contribution < 1.29 is 13.2 Å². The van der Waals surface area contributed by atoms with Gasteiger partial charge in [-0.25, -0.2) is 13.2 Å². The van der Waals surface area contributed by atoms with Crippen LogP contribution in [0.2, 0.25) is 0 Å². The number of rotatable bonds is 8. The highest BCUT2D eigenvalue weighted by Gasteiger charge is 2.29. The lowest BCUT2D eigenvalue weighted by molar-refractivity contribution is 0.168. The van der Waals surface area contributed by atoms with Crippen LogP contribution in [0.5, 0.6) is 0 Å². The summed E-state index contributed by atoms with van der Waals surface area (Å²) in [4.78, 5) is 0. The van der Waals surface area contributed by atoms with Crippen LogP contribution in [0.15, 0.2) is 12.1 Å². The summed E-state index contributed by atoms with van der Waals surface area (Å²) in [5.74, 6) is 0.0862. The molecule has 29 heavy (non-hydrogen) atoms. The third-order valence-electron chi connectivity index (χ3n) is 7.94. The van der Waals surface area contributed by atoms with E-state index in [1.54, 1.807) is 0 Å². The highest BCUT2D eigenvalue weighted by molar-refractivity contribution is 5.23. The normalized spacial score (nSPS) is 29.0. The Morgan fingerprint density at radius 3 is 2.00 bits per heavy atom. The summed E-state index contributed by atoms with van der Waals surface area (Å²) in [6.45, 7) is 4.72. The smallest absolute Gasteiger partial charge is 0.194 e. The molecule has 0 spiro atoms. The predicted octanol–water partition coefficient (Wildman–Crippen LogP) is 8.79. The molecule has 1 unspecified atom stereocenters. The van der Waals surface area contributed by atoms with Crippen LogP contribution < -0.4 is 0 Å². The van der Waals surface area contributed by atoms with Gasteiger partial charge in [-0.05, 0) is 92.2 Å². The molecule has 2 aliphatic rings. The summed E-state index contributed by atoms with van der Waals surface area (Å²) in [6.07, 6.45) is 16.7. The number of hydrogen-bond donors (Lipinski definition) is 0. The van der Waals surface area contributed by atoms with Crippen LogP contribution in [0, 0.1) is 41.1 Å². The van der Waals surface area contributed by atoms with E-state index in [1.165, 1.54) is 69.9 Å². The van der Waals surface area contributed by atoms with Gasteiger partial charge in [-0.1, -0.05) is 52.4 Å². The number of hydrogen-bond acceptors (Lipinski definition) is 0. The van der Waals surface area contributed by atoms with Gasteiger partial charge in [0.15, 0.2) is 17.5 Å². The molecule has 3 heteroatoms. The monoisotopic (exact) mass is 408 g/mol. The Kier molecular flexibility index (Phi) is 8.50. The fourth-order valence-corrected chi connectivity index (χ4v) is 5.99. The van der Waals surface area contributed by atoms with Gasteiger partial charge < -0.3 is 0 Å². The molecule has 0 radical (unpaired) electrons. The molecule has 0 saturated heterocycles. The van der Waals surface area contributed by atoms with Crippen molar-refractivity contribution in [2.75, 3.05) is 0 Å². The standard InChI is InChI=1S/C26H39F3/c1-3-4-5-6-19-7-11-21(12-8-19)18(2)15-20-9-13-22(14-10-20)23-16-24(27)26(29)25(28)17-23/h16-22H,3-15H2,1-2H3. The van der Waals surface area contributed by atoms with Crippen LogP contribution in [-0.2, 0) is 0 Å². The summed E-state index contributed by atoms with van der Waals surface area (Å²) >= 11 is 0. The molecule has 0 nitrogen and oxygen atoms in total. The van der Waals surface area contributed by atoms with Gasteiger partial charge >= 0.3 is 0 Å². The van der Waals surface area contributed by atoms with Crippen molar-refractivity contribution in [3.63, 3.8) is 0 Å². The molecular formula is C26H39F3. The van der Waals surface area contributed by atoms with Crippen molar-refractivity contribution >= 4 is 0 Å². The third kappa shape index (κ3) is 6.25. The minimum atomic E-state index is -1.35. The summed E-state index contributed by atoms with van der Waals surface area (Å²) in [5, 5.41) is 0. The first-order valence-electron chi connectivity index (χ1n) is 12.1. The van der Waals surface area contributed by atoms with E-state index in [4.69, 9.17) is 0 Å². The Labute approximate surface area is 175 Å². The molecule has 1 aromatic carbocycles. The van der Waals surface area contributed by atoms with Crippen molar-refractivity contribution in [3.8, 4) is 0 Å². The Hall–Kier alpha value is -0.990. The Balaban J connectivity index is 1.40. The first-order valence-corrected chi connectivity index (χ1v) is 12.1. The van der Waals surface area contributed by atoms with Crippen LogP contribution in [-0.4, -0.2) is 0 Å². The lowest BCUT2D eigenvalue weighted by Crippen LogP contribution is -2.23. The summed E-state index contributed by atoms with van der Waals surface area (Å²) in [6, 6.07) is 2.40. The lowest BCUT2D eigenvalue weighted by atomic mass is 9.70. The minimum Gasteiger partial charge on any atom is -0.204 e. The van der Waals surface area contributed by atoms with E-state index < -0.39 is 17.5 Å². The number of halogens is 3. The second-order valence-electron chi connectivity index (χ2n) is 10.0. The Bertz CT molecular complexity index is 602. The lowest BCUT2D eigenvalue weighted by Gasteiger charge is -2.36. The third-order valence-corrected chi connectivity index (χ3v) is 7.94. The SMILES string of the molecule is CCCCCC1CCC(C(C)CC2CCC(c3cc(F)c(F)c(F)c3)CC2)CC1. The van der Waals surface area contributed by atoms with Gasteiger partial charge in [-0.3, -0.25) is 0 Å². The van der Waals surface area contributed by atoms with Gasteiger partial charge in [0.25, 0.3) is 0 Å². The molecule has 2 saturated carbocycles. The largest absolute Gasteiger partial charge is 0.204 e. The average molecular weight is 409 g/mol. The molecule has 164 valence electrons. The van der Waals surface area contributed by atoms with Gasteiger partial charge in [0.05, 0.1) is 0 Å². The Morgan fingerprint density at radius 2 is 1.41 bits per heavy atom. The molecule has 3 rings (SSSR count). The summed E-state index contributed by atoms with van der Waals surface area (Å²) in [7, 11) is 0. The van der Waals surface area contributed by atoms with Gasteiger partial charge in [0, 0.05) is 0 Å². The molecule has 0 aromatic heterocycles. The van der Waals surface area contributed by atoms with E-state index in [0.717, 1.165) is 49.4 Å². The topological polar surface area (TPSA) is 0 Å². The molecule has 0 heterocycles. The van der Waals surface area contributed by atoms with Crippen molar-refractivity contribution in [2.45, 2.75) is 103 Å². The first-order chi connectivity index (χ1) is 14.0. The zero-order valence-corrected chi connectivity index (χ0v) is 18.4. The van der Waals surface area contributed by atoms with Crippen molar-refractivity contribution in [1.82, 2.24) is 0 Å². The summed E-state index contributed by atoms with van der Waals surface area (Å²) in [5.41, 5.74) is 0.634. The van der Waals surface area contributed by atoms with Gasteiger partial charge in [0.1, 0.15) is 0 Å². The highest BCUT2D eigenvalue weighted by atomic mass is 19.2. The molecule has 2 fully saturated rings. The zero-order chi connectivity index (χ0) is 20.8. The molecule has 0 amide bonds. The molecule has 0 aliphatic heterocycles. The van der Waals surface area contributed by atoms with Gasteiger partial charge in [-0.2, -0.15) is 0 Å². The fourth-order valence-electron chi connectivity index (χ4n) is 5.99. The van der Waals surface area contributed by atoms with E-state index in [2.05, 4.69) is 13.8 Å². The average Bonchev–Trinajstić information content (AvgIpc) is 2.73. The number of benzene rings is 1. The maximum Gasteiger partial charge on any atom is 0.194 e. The fraction of sp³-hybridized carbons (Fsp3) is 0.769. The van der Waals surface area contributed by atoms with E-state index in [-0.39, 0.29) is 5.92 Å². The van der Waals surface area contributed by atoms with Gasteiger partial charge in [0.2, 0.25) is 0 Å². The first kappa shape index (κ1) is 22.7.